The van der Waals surface area contributed by atoms with Crippen LogP contribution in [0.4, 0.5) is 0 Å². The summed E-state index contributed by atoms with van der Waals surface area (Å²) in [6.45, 7) is 7.87. The molecule has 0 saturated heterocycles. The molecule has 130 valence electrons. The van der Waals surface area contributed by atoms with Crippen LogP contribution in [0.2, 0.25) is 0 Å². The largest absolute Gasteiger partial charge is 0.484 e. The fraction of sp³-hybridized carbons (Fsp3) is 0.529. The van der Waals surface area contributed by atoms with Crippen molar-refractivity contribution in [3.8, 4) is 5.75 Å². The van der Waals surface area contributed by atoms with Crippen molar-refractivity contribution in [1.82, 2.24) is 5.32 Å². The predicted molar refractivity (Wildman–Crippen MR) is 94.2 cm³/mol. The highest BCUT2D eigenvalue weighted by molar-refractivity contribution is 5.94. The number of Topliss-reactive ketones (excluding diaryl/α,β-unsaturated/α-hetero) is 1. The van der Waals surface area contributed by atoms with Crippen LogP contribution in [0.15, 0.2) is 24.3 Å². The topological polar surface area (TPSA) is 81.4 Å². The van der Waals surface area contributed by atoms with Crippen molar-refractivity contribution in [3.05, 3.63) is 29.8 Å². The fourth-order valence-electron chi connectivity index (χ4n) is 2.41. The van der Waals surface area contributed by atoms with Crippen molar-refractivity contribution in [1.29, 1.82) is 0 Å². The first kappa shape index (κ1) is 21.4. The second-order valence-electron chi connectivity index (χ2n) is 6.28. The zero-order valence-corrected chi connectivity index (χ0v) is 15.0. The van der Waals surface area contributed by atoms with Crippen LogP contribution in [-0.4, -0.2) is 30.4 Å². The minimum absolute atomic E-state index is 0. The first-order valence-corrected chi connectivity index (χ1v) is 7.50. The van der Waals surface area contributed by atoms with Crippen molar-refractivity contribution in [2.75, 3.05) is 13.2 Å². The van der Waals surface area contributed by atoms with Crippen LogP contribution in [0, 0.1) is 5.92 Å². The number of halogens is 1. The third-order valence-corrected chi connectivity index (χ3v) is 3.36. The van der Waals surface area contributed by atoms with E-state index in [1.807, 2.05) is 6.92 Å². The van der Waals surface area contributed by atoms with E-state index >= 15 is 0 Å². The summed E-state index contributed by atoms with van der Waals surface area (Å²) in [6.07, 6.45) is 0.801. The number of nitrogens with two attached hydrogens (primary N) is 1. The van der Waals surface area contributed by atoms with Gasteiger partial charge in [0.05, 0.1) is 0 Å². The fourth-order valence-corrected chi connectivity index (χ4v) is 2.41. The van der Waals surface area contributed by atoms with Gasteiger partial charge in [-0.05, 0) is 38.3 Å². The van der Waals surface area contributed by atoms with E-state index in [1.165, 1.54) is 6.92 Å². The van der Waals surface area contributed by atoms with Crippen LogP contribution in [0.1, 0.15) is 44.5 Å². The first-order chi connectivity index (χ1) is 10.3. The van der Waals surface area contributed by atoms with Crippen LogP contribution in [-0.2, 0) is 4.79 Å². The van der Waals surface area contributed by atoms with Crippen LogP contribution < -0.4 is 15.8 Å². The number of nitrogens with one attached hydrogen (secondary N) is 1. The lowest BCUT2D eigenvalue weighted by Gasteiger charge is -2.31. The first-order valence-electron chi connectivity index (χ1n) is 7.50. The lowest BCUT2D eigenvalue weighted by atomic mass is 9.91. The van der Waals surface area contributed by atoms with Crippen LogP contribution in [0.3, 0.4) is 0 Å². The smallest absolute Gasteiger partial charge is 0.258 e. The molecule has 0 fully saturated rings. The summed E-state index contributed by atoms with van der Waals surface area (Å²) in [4.78, 5) is 23.3. The van der Waals surface area contributed by atoms with Gasteiger partial charge in [-0.25, -0.2) is 0 Å². The SMILES string of the molecule is CC(=O)c1cccc(OCC(=O)NC(C)(CN)CC(C)C)c1.Cl. The maximum Gasteiger partial charge on any atom is 0.258 e. The number of carbonyl (C=O) groups excluding carboxylic acids is 2. The molecule has 3 N–H and O–H groups in total. The Morgan fingerprint density at radius 2 is 2.00 bits per heavy atom. The van der Waals surface area contributed by atoms with E-state index in [-0.39, 0.29) is 30.7 Å². The second kappa shape index (κ2) is 9.53. The van der Waals surface area contributed by atoms with Gasteiger partial charge >= 0.3 is 0 Å². The van der Waals surface area contributed by atoms with Gasteiger partial charge in [0.1, 0.15) is 5.75 Å². The summed E-state index contributed by atoms with van der Waals surface area (Å²) in [5.74, 6) is 0.674. The molecule has 23 heavy (non-hydrogen) atoms. The third-order valence-electron chi connectivity index (χ3n) is 3.36. The number of ether oxygens (including phenoxy) is 1. The Balaban J connectivity index is 0.00000484. The second-order valence-corrected chi connectivity index (χ2v) is 6.28. The molecule has 1 amide bonds. The maximum atomic E-state index is 12.0. The number of hydrogen-bond acceptors (Lipinski definition) is 4. The molecule has 0 aliphatic heterocycles. The van der Waals surface area contributed by atoms with Crippen LogP contribution >= 0.6 is 12.4 Å². The molecule has 1 unspecified atom stereocenters. The van der Waals surface area contributed by atoms with Gasteiger partial charge in [0.2, 0.25) is 0 Å². The van der Waals surface area contributed by atoms with E-state index in [1.54, 1.807) is 24.3 Å². The number of hydrogen-bond donors (Lipinski definition) is 2. The third kappa shape index (κ3) is 7.48. The highest BCUT2D eigenvalue weighted by Crippen LogP contribution is 2.16. The number of carbonyl (C=O) groups is 2. The average Bonchev–Trinajstić information content (AvgIpc) is 2.44. The predicted octanol–water partition coefficient (Wildman–Crippen LogP) is 2.57. The van der Waals surface area contributed by atoms with Gasteiger partial charge in [-0.1, -0.05) is 26.0 Å². The molecule has 0 aliphatic carbocycles. The van der Waals surface area contributed by atoms with Gasteiger partial charge < -0.3 is 15.8 Å². The van der Waals surface area contributed by atoms with E-state index < -0.39 is 5.54 Å². The van der Waals surface area contributed by atoms with E-state index in [4.69, 9.17) is 10.5 Å². The molecule has 6 heteroatoms. The molecule has 1 rings (SSSR count). The van der Waals surface area contributed by atoms with Gasteiger partial charge in [-0.2, -0.15) is 0 Å². The van der Waals surface area contributed by atoms with Crippen LogP contribution in [0.5, 0.6) is 5.75 Å². The maximum absolute atomic E-state index is 12.0. The van der Waals surface area contributed by atoms with E-state index in [0.717, 1.165) is 6.42 Å². The molecule has 5 nitrogen and oxygen atoms in total. The van der Waals surface area contributed by atoms with Crippen LogP contribution in [0.25, 0.3) is 0 Å². The van der Waals surface area contributed by atoms with Crippen molar-refractivity contribution in [2.24, 2.45) is 11.7 Å². The molecule has 1 aromatic carbocycles. The molecule has 0 saturated carbocycles. The molecule has 1 atom stereocenters. The quantitative estimate of drug-likeness (QED) is 0.711. The molecular formula is C17H27ClN2O3. The highest BCUT2D eigenvalue weighted by Gasteiger charge is 2.25. The average molecular weight is 343 g/mol. The molecule has 0 spiro atoms. The van der Waals surface area contributed by atoms with E-state index in [0.29, 0.717) is 23.8 Å². The zero-order chi connectivity index (χ0) is 16.8. The Morgan fingerprint density at radius 1 is 1.35 bits per heavy atom. The van der Waals surface area contributed by atoms with E-state index in [9.17, 15) is 9.59 Å². The van der Waals surface area contributed by atoms with E-state index in [2.05, 4.69) is 19.2 Å². The Hall–Kier alpha value is -1.59. The minimum Gasteiger partial charge on any atom is -0.484 e. The van der Waals surface area contributed by atoms with Crippen molar-refractivity contribution < 1.29 is 14.3 Å². The Morgan fingerprint density at radius 3 is 2.52 bits per heavy atom. The highest BCUT2D eigenvalue weighted by atomic mass is 35.5. The number of amides is 1. The number of benzene rings is 1. The van der Waals surface area contributed by atoms with Crippen molar-refractivity contribution >= 4 is 24.1 Å². The minimum atomic E-state index is -0.435. The van der Waals surface area contributed by atoms with Gasteiger partial charge in [0.15, 0.2) is 12.4 Å². The molecule has 0 radical (unpaired) electrons. The molecular weight excluding hydrogens is 316 g/mol. The molecule has 0 aliphatic rings. The Labute approximate surface area is 144 Å². The zero-order valence-electron chi connectivity index (χ0n) is 14.2. The Bertz CT molecular complexity index is 534. The number of rotatable bonds is 8. The molecule has 0 heterocycles. The number of ketones is 1. The molecule has 0 aromatic heterocycles. The van der Waals surface area contributed by atoms with Crippen molar-refractivity contribution in [3.63, 3.8) is 0 Å². The monoisotopic (exact) mass is 342 g/mol. The van der Waals surface area contributed by atoms with Gasteiger partial charge in [-0.15, -0.1) is 12.4 Å². The normalized spacial score (nSPS) is 13.0. The molecule has 1 aromatic rings. The standard InChI is InChI=1S/C17H26N2O3.ClH/c1-12(2)9-17(4,11-18)19-16(21)10-22-15-7-5-6-14(8-15)13(3)20;/h5-8,12H,9-11,18H2,1-4H3,(H,19,21);1H. The lowest BCUT2D eigenvalue weighted by molar-refractivity contribution is -0.125. The van der Waals surface area contributed by atoms with Gasteiger partial charge in [0, 0.05) is 17.6 Å². The summed E-state index contributed by atoms with van der Waals surface area (Å²) in [6, 6.07) is 6.79. The molecule has 0 bridgehead atoms. The Kier molecular flexibility index (Phi) is 8.87. The van der Waals surface area contributed by atoms with Gasteiger partial charge in [0.25, 0.3) is 5.91 Å². The van der Waals surface area contributed by atoms with Crippen molar-refractivity contribution in [2.45, 2.75) is 39.7 Å². The van der Waals surface area contributed by atoms with Gasteiger partial charge in [-0.3, -0.25) is 9.59 Å². The summed E-state index contributed by atoms with van der Waals surface area (Å²) >= 11 is 0. The lowest BCUT2D eigenvalue weighted by Crippen LogP contribution is -2.53. The summed E-state index contributed by atoms with van der Waals surface area (Å²) in [5, 5.41) is 2.93. The summed E-state index contributed by atoms with van der Waals surface area (Å²) in [5.41, 5.74) is 5.90. The summed E-state index contributed by atoms with van der Waals surface area (Å²) in [7, 11) is 0. The summed E-state index contributed by atoms with van der Waals surface area (Å²) < 4.78 is 5.45.